The van der Waals surface area contributed by atoms with E-state index in [0.29, 0.717) is 19.4 Å². The second kappa shape index (κ2) is 45.8. The average molecular weight is 788 g/mol. The summed E-state index contributed by atoms with van der Waals surface area (Å²) >= 11 is 0. The molecule has 0 spiro atoms. The van der Waals surface area contributed by atoms with Gasteiger partial charge in [0.15, 0.2) is 0 Å². The normalized spacial score (nSPS) is 13.0. The number of rotatable bonds is 44. The SMILES string of the molecule is CCCCCC/C=C\CCCCCCCC(=O)OCCCCCCCCC/C=C\CCCCCCCC(=O)NC(CO)C(O)/C=C/CCCCCCCCCC. The molecule has 6 heteroatoms. The van der Waals surface area contributed by atoms with Gasteiger partial charge in [-0.15, -0.1) is 0 Å². The number of carbonyl (C=O) groups excluding carboxylic acids is 2. The van der Waals surface area contributed by atoms with Crippen molar-refractivity contribution in [3.05, 3.63) is 36.5 Å². The topological polar surface area (TPSA) is 95.9 Å². The van der Waals surface area contributed by atoms with Crippen molar-refractivity contribution >= 4 is 11.9 Å². The maximum atomic E-state index is 12.4. The molecule has 0 fully saturated rings. The molecular weight excluding hydrogens is 695 g/mol. The van der Waals surface area contributed by atoms with Gasteiger partial charge in [-0.05, 0) is 83.5 Å². The number of hydrogen-bond donors (Lipinski definition) is 3. The van der Waals surface area contributed by atoms with E-state index in [-0.39, 0.29) is 18.5 Å². The van der Waals surface area contributed by atoms with Crippen molar-refractivity contribution < 1.29 is 24.5 Å². The number of unbranched alkanes of at least 4 members (excludes halogenated alkanes) is 29. The molecule has 0 radical (unpaired) electrons. The zero-order valence-electron chi connectivity index (χ0n) is 37.1. The molecule has 56 heavy (non-hydrogen) atoms. The molecule has 0 saturated carbocycles. The molecule has 0 heterocycles. The molecule has 0 saturated heterocycles. The van der Waals surface area contributed by atoms with Crippen LogP contribution in [-0.2, 0) is 14.3 Å². The molecular formula is C50H93NO5. The van der Waals surface area contributed by atoms with Crippen LogP contribution >= 0.6 is 0 Å². The summed E-state index contributed by atoms with van der Waals surface area (Å²) in [4.78, 5) is 24.3. The summed E-state index contributed by atoms with van der Waals surface area (Å²) in [7, 11) is 0. The van der Waals surface area contributed by atoms with Crippen molar-refractivity contribution in [1.82, 2.24) is 5.32 Å². The Balaban J connectivity index is 3.49. The Morgan fingerprint density at radius 1 is 0.482 bits per heavy atom. The van der Waals surface area contributed by atoms with E-state index in [1.165, 1.54) is 154 Å². The van der Waals surface area contributed by atoms with Gasteiger partial charge < -0.3 is 20.3 Å². The van der Waals surface area contributed by atoms with Crippen molar-refractivity contribution in [1.29, 1.82) is 0 Å². The summed E-state index contributed by atoms with van der Waals surface area (Å²) in [6.45, 7) is 4.82. The first-order valence-corrected chi connectivity index (χ1v) is 24.3. The van der Waals surface area contributed by atoms with Gasteiger partial charge >= 0.3 is 5.97 Å². The highest BCUT2D eigenvalue weighted by molar-refractivity contribution is 5.76. The van der Waals surface area contributed by atoms with Gasteiger partial charge in [0.25, 0.3) is 0 Å². The highest BCUT2D eigenvalue weighted by Crippen LogP contribution is 2.14. The molecule has 0 aliphatic rings. The Morgan fingerprint density at radius 3 is 1.29 bits per heavy atom. The van der Waals surface area contributed by atoms with Gasteiger partial charge in [-0.2, -0.15) is 0 Å². The smallest absolute Gasteiger partial charge is 0.305 e. The van der Waals surface area contributed by atoms with Crippen LogP contribution in [0.15, 0.2) is 36.5 Å². The molecule has 0 aromatic carbocycles. The van der Waals surface area contributed by atoms with Crippen molar-refractivity contribution in [3.63, 3.8) is 0 Å². The van der Waals surface area contributed by atoms with E-state index in [9.17, 15) is 19.8 Å². The molecule has 0 aliphatic heterocycles. The van der Waals surface area contributed by atoms with E-state index < -0.39 is 12.1 Å². The van der Waals surface area contributed by atoms with Gasteiger partial charge in [-0.1, -0.05) is 185 Å². The highest BCUT2D eigenvalue weighted by atomic mass is 16.5. The Kier molecular flexibility index (Phi) is 44.2. The van der Waals surface area contributed by atoms with Crippen LogP contribution in [0.3, 0.4) is 0 Å². The van der Waals surface area contributed by atoms with E-state index in [4.69, 9.17) is 4.74 Å². The van der Waals surface area contributed by atoms with Crippen molar-refractivity contribution in [3.8, 4) is 0 Å². The number of aliphatic hydroxyl groups excluding tert-OH is 2. The van der Waals surface area contributed by atoms with Gasteiger partial charge in [0.2, 0.25) is 5.91 Å². The van der Waals surface area contributed by atoms with Gasteiger partial charge in [0.05, 0.1) is 25.4 Å². The lowest BCUT2D eigenvalue weighted by atomic mass is 10.1. The summed E-state index contributed by atoms with van der Waals surface area (Å²) in [5.41, 5.74) is 0. The number of nitrogens with one attached hydrogen (secondary N) is 1. The van der Waals surface area contributed by atoms with Crippen LogP contribution < -0.4 is 5.32 Å². The summed E-state index contributed by atoms with van der Waals surface area (Å²) < 4.78 is 5.44. The first-order chi connectivity index (χ1) is 27.5. The number of hydrogen-bond acceptors (Lipinski definition) is 5. The lowest BCUT2D eigenvalue weighted by molar-refractivity contribution is -0.143. The second-order valence-electron chi connectivity index (χ2n) is 16.4. The fourth-order valence-electron chi connectivity index (χ4n) is 7.09. The first kappa shape index (κ1) is 54.1. The van der Waals surface area contributed by atoms with E-state index in [2.05, 4.69) is 43.5 Å². The maximum Gasteiger partial charge on any atom is 0.305 e. The van der Waals surface area contributed by atoms with Crippen LogP contribution in [0.2, 0.25) is 0 Å². The molecule has 0 rings (SSSR count). The van der Waals surface area contributed by atoms with Gasteiger partial charge in [-0.3, -0.25) is 9.59 Å². The summed E-state index contributed by atoms with van der Waals surface area (Å²) in [6.07, 6.45) is 54.2. The molecule has 0 aliphatic carbocycles. The van der Waals surface area contributed by atoms with E-state index in [0.717, 1.165) is 64.2 Å². The number of esters is 1. The predicted octanol–water partition coefficient (Wildman–Crippen LogP) is 14.1. The largest absolute Gasteiger partial charge is 0.466 e. The Hall–Kier alpha value is -1.92. The van der Waals surface area contributed by atoms with Gasteiger partial charge in [0.1, 0.15) is 0 Å². The highest BCUT2D eigenvalue weighted by Gasteiger charge is 2.18. The molecule has 3 N–H and O–H groups in total. The van der Waals surface area contributed by atoms with E-state index >= 15 is 0 Å². The number of aliphatic hydroxyl groups is 2. The van der Waals surface area contributed by atoms with Crippen LogP contribution in [0.4, 0.5) is 0 Å². The Bertz CT molecular complexity index is 915. The number of ether oxygens (including phenoxy) is 1. The molecule has 1 amide bonds. The molecule has 2 atom stereocenters. The minimum absolute atomic E-state index is 0.0143. The molecule has 328 valence electrons. The lowest BCUT2D eigenvalue weighted by Gasteiger charge is -2.20. The number of carbonyl (C=O) groups is 2. The van der Waals surface area contributed by atoms with Gasteiger partial charge in [0, 0.05) is 12.8 Å². The number of amides is 1. The van der Waals surface area contributed by atoms with E-state index in [1.54, 1.807) is 6.08 Å². The maximum absolute atomic E-state index is 12.4. The average Bonchev–Trinajstić information content (AvgIpc) is 3.20. The zero-order chi connectivity index (χ0) is 40.8. The lowest BCUT2D eigenvalue weighted by Crippen LogP contribution is -2.45. The van der Waals surface area contributed by atoms with E-state index in [1.807, 2.05) is 6.08 Å². The Labute approximate surface area is 347 Å². The standard InChI is InChI=1S/C50H93NO5/c1-3-5-7-9-11-13-15-20-24-28-32-36-40-44-50(55)56-45-41-37-33-29-25-22-19-17-16-18-21-23-27-31-35-39-43-49(54)51-47(46-52)48(53)42-38-34-30-26-14-12-10-8-6-4-2/h13,15-16,18,38,42,47-48,52-53H,3-12,14,17,19-37,39-41,43-46H2,1-2H3,(H,51,54)/b15-13-,18-16-,42-38+. The number of allylic oxidation sites excluding steroid dienone is 5. The zero-order valence-corrected chi connectivity index (χ0v) is 37.1. The molecule has 0 bridgehead atoms. The van der Waals surface area contributed by atoms with Crippen LogP contribution in [0, 0.1) is 0 Å². The summed E-state index contributed by atoms with van der Waals surface area (Å²) in [5.74, 6) is -0.103. The van der Waals surface area contributed by atoms with Crippen molar-refractivity contribution in [2.24, 2.45) is 0 Å². The summed E-state index contributed by atoms with van der Waals surface area (Å²) in [6, 6.07) is -0.638. The molecule has 0 aromatic rings. The molecule has 2 unspecified atom stereocenters. The third-order valence-electron chi connectivity index (χ3n) is 10.9. The Morgan fingerprint density at radius 2 is 0.839 bits per heavy atom. The van der Waals surface area contributed by atoms with Crippen LogP contribution in [0.5, 0.6) is 0 Å². The summed E-state index contributed by atoms with van der Waals surface area (Å²) in [5, 5.41) is 22.9. The fraction of sp³-hybridized carbons (Fsp3) is 0.840. The van der Waals surface area contributed by atoms with Crippen molar-refractivity contribution in [2.75, 3.05) is 13.2 Å². The molecule has 0 aromatic heterocycles. The quantitative estimate of drug-likeness (QED) is 0.0325. The van der Waals surface area contributed by atoms with Crippen molar-refractivity contribution in [2.45, 2.75) is 257 Å². The third-order valence-corrected chi connectivity index (χ3v) is 10.9. The molecule has 6 nitrogen and oxygen atoms in total. The first-order valence-electron chi connectivity index (χ1n) is 24.3. The predicted molar refractivity (Wildman–Crippen MR) is 241 cm³/mol. The minimum Gasteiger partial charge on any atom is -0.466 e. The second-order valence-corrected chi connectivity index (χ2v) is 16.4. The fourth-order valence-corrected chi connectivity index (χ4v) is 7.09. The van der Waals surface area contributed by atoms with Gasteiger partial charge in [-0.25, -0.2) is 0 Å². The van der Waals surface area contributed by atoms with Crippen LogP contribution in [0.1, 0.15) is 245 Å². The van der Waals surface area contributed by atoms with Crippen LogP contribution in [-0.4, -0.2) is 47.4 Å². The monoisotopic (exact) mass is 788 g/mol. The minimum atomic E-state index is -0.853. The third kappa shape index (κ3) is 41.7. The van der Waals surface area contributed by atoms with Crippen LogP contribution in [0.25, 0.3) is 0 Å².